The van der Waals surface area contributed by atoms with Crippen LogP contribution < -0.4 is 5.32 Å². The third-order valence-corrected chi connectivity index (χ3v) is 3.33. The van der Waals surface area contributed by atoms with E-state index >= 15 is 0 Å². The molecule has 72 valence electrons. The van der Waals surface area contributed by atoms with Gasteiger partial charge >= 0.3 is 0 Å². The fraction of sp³-hybridized carbons (Fsp3) is 1.00. The summed E-state index contributed by atoms with van der Waals surface area (Å²) in [6, 6.07) is 0.879. The van der Waals surface area contributed by atoms with Gasteiger partial charge in [0.05, 0.1) is 0 Å². The van der Waals surface area contributed by atoms with Gasteiger partial charge in [-0.25, -0.2) is 0 Å². The molecule has 0 spiro atoms. The molecule has 0 saturated heterocycles. The molecule has 2 atom stereocenters. The zero-order valence-electron chi connectivity index (χ0n) is 8.31. The summed E-state index contributed by atoms with van der Waals surface area (Å²) in [6.07, 6.45) is 7.70. The van der Waals surface area contributed by atoms with Crippen molar-refractivity contribution in [2.24, 2.45) is 5.92 Å². The lowest BCUT2D eigenvalue weighted by molar-refractivity contribution is 0.598. The lowest BCUT2D eigenvalue weighted by Gasteiger charge is -2.02. The Labute approximate surface area is 80.7 Å². The van der Waals surface area contributed by atoms with Crippen LogP contribution in [0.25, 0.3) is 0 Å². The van der Waals surface area contributed by atoms with Crippen LogP contribution in [-0.2, 0) is 0 Å². The first-order chi connectivity index (χ1) is 5.88. The van der Waals surface area contributed by atoms with E-state index in [-0.39, 0.29) is 0 Å². The second-order valence-corrected chi connectivity index (χ2v) is 4.65. The number of hydrogen-bond acceptors (Lipinski definition) is 2. The molecule has 0 aromatic heterocycles. The molecule has 12 heavy (non-hydrogen) atoms. The quantitative estimate of drug-likeness (QED) is 0.615. The summed E-state index contributed by atoms with van der Waals surface area (Å²) >= 11 is 1.95. The molecular formula is C10H21NS. The van der Waals surface area contributed by atoms with Gasteiger partial charge in [0.25, 0.3) is 0 Å². The molecule has 0 bridgehead atoms. The zero-order chi connectivity index (χ0) is 8.81. The lowest BCUT2D eigenvalue weighted by Crippen LogP contribution is -2.19. The molecule has 1 saturated carbocycles. The molecule has 0 amide bonds. The lowest BCUT2D eigenvalue weighted by atomic mass is 10.3. The molecule has 1 nitrogen and oxygen atoms in total. The SMILES string of the molecule is CCC1CC1NCCCCSC. The fourth-order valence-corrected chi connectivity index (χ4v) is 2.10. The Kier molecular flexibility index (Phi) is 5.08. The Balaban J connectivity index is 1.78. The van der Waals surface area contributed by atoms with Gasteiger partial charge in [-0.05, 0) is 43.7 Å². The normalized spacial score (nSPS) is 27.5. The Hall–Kier alpha value is 0.310. The van der Waals surface area contributed by atoms with Gasteiger partial charge in [-0.1, -0.05) is 13.3 Å². The molecule has 0 heterocycles. The van der Waals surface area contributed by atoms with Gasteiger partial charge in [0, 0.05) is 6.04 Å². The highest BCUT2D eigenvalue weighted by Crippen LogP contribution is 2.32. The van der Waals surface area contributed by atoms with Crippen LogP contribution >= 0.6 is 11.8 Å². The molecule has 1 N–H and O–H groups in total. The molecule has 0 aromatic rings. The van der Waals surface area contributed by atoms with Crippen molar-refractivity contribution in [3.8, 4) is 0 Å². The largest absolute Gasteiger partial charge is 0.314 e. The van der Waals surface area contributed by atoms with E-state index in [1.54, 1.807) is 0 Å². The number of rotatable bonds is 7. The first-order valence-corrected chi connectivity index (χ1v) is 6.50. The first-order valence-electron chi connectivity index (χ1n) is 5.10. The van der Waals surface area contributed by atoms with Crippen LogP contribution in [-0.4, -0.2) is 24.6 Å². The highest BCUT2D eigenvalue weighted by atomic mass is 32.2. The summed E-state index contributed by atoms with van der Waals surface area (Å²) in [4.78, 5) is 0. The van der Waals surface area contributed by atoms with E-state index in [1.165, 1.54) is 38.0 Å². The van der Waals surface area contributed by atoms with Crippen molar-refractivity contribution in [1.29, 1.82) is 0 Å². The van der Waals surface area contributed by atoms with Gasteiger partial charge in [-0.3, -0.25) is 0 Å². The third-order valence-electron chi connectivity index (χ3n) is 2.63. The van der Waals surface area contributed by atoms with Gasteiger partial charge in [0.1, 0.15) is 0 Å². The highest BCUT2D eigenvalue weighted by molar-refractivity contribution is 7.98. The molecule has 0 aromatic carbocycles. The minimum atomic E-state index is 0.879. The highest BCUT2D eigenvalue weighted by Gasteiger charge is 2.34. The van der Waals surface area contributed by atoms with Crippen LogP contribution in [0.3, 0.4) is 0 Å². The van der Waals surface area contributed by atoms with E-state index in [0.717, 1.165) is 12.0 Å². The summed E-state index contributed by atoms with van der Waals surface area (Å²) in [6.45, 7) is 3.53. The van der Waals surface area contributed by atoms with Crippen molar-refractivity contribution in [3.63, 3.8) is 0 Å². The van der Waals surface area contributed by atoms with E-state index in [4.69, 9.17) is 0 Å². The van der Waals surface area contributed by atoms with Crippen molar-refractivity contribution < 1.29 is 0 Å². The standard InChI is InChI=1S/C10H21NS/c1-3-9-8-10(9)11-6-4-5-7-12-2/h9-11H,3-8H2,1-2H3. The van der Waals surface area contributed by atoms with Crippen LogP contribution in [0.5, 0.6) is 0 Å². The van der Waals surface area contributed by atoms with E-state index < -0.39 is 0 Å². The van der Waals surface area contributed by atoms with E-state index in [9.17, 15) is 0 Å². The fourth-order valence-electron chi connectivity index (χ4n) is 1.61. The van der Waals surface area contributed by atoms with Gasteiger partial charge in [-0.2, -0.15) is 11.8 Å². The van der Waals surface area contributed by atoms with Crippen LogP contribution in [0.1, 0.15) is 32.6 Å². The van der Waals surface area contributed by atoms with Gasteiger partial charge in [0.15, 0.2) is 0 Å². The maximum atomic E-state index is 3.61. The molecule has 1 aliphatic carbocycles. The number of thioether (sulfide) groups is 1. The van der Waals surface area contributed by atoms with Crippen molar-refractivity contribution in [3.05, 3.63) is 0 Å². The number of unbranched alkanes of at least 4 members (excludes halogenated alkanes) is 1. The van der Waals surface area contributed by atoms with Crippen molar-refractivity contribution in [1.82, 2.24) is 5.32 Å². The summed E-state index contributed by atoms with van der Waals surface area (Å²) in [7, 11) is 0. The molecule has 1 rings (SSSR count). The van der Waals surface area contributed by atoms with Crippen LogP contribution in [0, 0.1) is 5.92 Å². The summed E-state index contributed by atoms with van der Waals surface area (Å²) in [5, 5.41) is 3.61. The van der Waals surface area contributed by atoms with Gasteiger partial charge in [-0.15, -0.1) is 0 Å². The van der Waals surface area contributed by atoms with Gasteiger partial charge < -0.3 is 5.32 Å². The van der Waals surface area contributed by atoms with Crippen molar-refractivity contribution in [2.75, 3.05) is 18.6 Å². The number of nitrogens with one attached hydrogen (secondary N) is 1. The minimum absolute atomic E-state index is 0.879. The van der Waals surface area contributed by atoms with Crippen molar-refractivity contribution >= 4 is 11.8 Å². The molecule has 2 unspecified atom stereocenters. The van der Waals surface area contributed by atoms with Gasteiger partial charge in [0.2, 0.25) is 0 Å². The van der Waals surface area contributed by atoms with Crippen molar-refractivity contribution in [2.45, 2.75) is 38.6 Å². The van der Waals surface area contributed by atoms with E-state index in [0.29, 0.717) is 0 Å². The topological polar surface area (TPSA) is 12.0 Å². The first kappa shape index (κ1) is 10.4. The average Bonchev–Trinajstić information content (AvgIpc) is 2.83. The predicted octanol–water partition coefficient (Wildman–Crippen LogP) is 2.52. The Morgan fingerprint density at radius 3 is 2.83 bits per heavy atom. The second kappa shape index (κ2) is 5.87. The molecule has 1 aliphatic rings. The summed E-state index contributed by atoms with van der Waals surface area (Å²) < 4.78 is 0. The zero-order valence-corrected chi connectivity index (χ0v) is 9.12. The second-order valence-electron chi connectivity index (χ2n) is 3.66. The third kappa shape index (κ3) is 3.81. The van der Waals surface area contributed by atoms with Crippen LogP contribution in [0.2, 0.25) is 0 Å². The maximum absolute atomic E-state index is 3.61. The smallest absolute Gasteiger partial charge is 0.00990 e. The molecular weight excluding hydrogens is 166 g/mol. The molecule has 1 fully saturated rings. The molecule has 0 aliphatic heterocycles. The Morgan fingerprint density at radius 1 is 1.42 bits per heavy atom. The van der Waals surface area contributed by atoms with E-state index in [2.05, 4.69) is 18.5 Å². The molecule has 0 radical (unpaired) electrons. The summed E-state index contributed by atoms with van der Waals surface area (Å²) in [5.41, 5.74) is 0. The minimum Gasteiger partial charge on any atom is -0.314 e. The number of hydrogen-bond donors (Lipinski definition) is 1. The monoisotopic (exact) mass is 187 g/mol. The summed E-state index contributed by atoms with van der Waals surface area (Å²) in [5.74, 6) is 2.33. The Morgan fingerprint density at radius 2 is 2.25 bits per heavy atom. The van der Waals surface area contributed by atoms with E-state index in [1.807, 2.05) is 11.8 Å². The molecule has 2 heteroatoms. The van der Waals surface area contributed by atoms with Crippen LogP contribution in [0.15, 0.2) is 0 Å². The average molecular weight is 187 g/mol. The maximum Gasteiger partial charge on any atom is 0.00990 e. The predicted molar refractivity (Wildman–Crippen MR) is 57.8 cm³/mol. The Bertz CT molecular complexity index is 116. The van der Waals surface area contributed by atoms with Crippen LogP contribution in [0.4, 0.5) is 0 Å².